The van der Waals surface area contributed by atoms with Gasteiger partial charge in [0, 0.05) is 19.6 Å². The Kier molecular flexibility index (Phi) is 4.93. The number of benzene rings is 2. The molecular formula is C16H18F2N2. The first-order chi connectivity index (χ1) is 9.72. The van der Waals surface area contributed by atoms with Gasteiger partial charge in [-0.1, -0.05) is 24.3 Å². The summed E-state index contributed by atoms with van der Waals surface area (Å²) in [6.45, 7) is 3.81. The normalized spacial score (nSPS) is 10.3. The summed E-state index contributed by atoms with van der Waals surface area (Å²) in [4.78, 5) is 1.92. The van der Waals surface area contributed by atoms with Crippen molar-refractivity contribution in [1.82, 2.24) is 0 Å². The van der Waals surface area contributed by atoms with Crippen LogP contribution in [-0.4, -0.2) is 19.6 Å². The molecule has 2 aromatic rings. The van der Waals surface area contributed by atoms with Gasteiger partial charge in [-0.2, -0.15) is 0 Å². The summed E-state index contributed by atoms with van der Waals surface area (Å²) in [6.07, 6.45) is 0. The minimum absolute atomic E-state index is 0.236. The van der Waals surface area contributed by atoms with Crippen molar-refractivity contribution in [3.8, 4) is 0 Å². The van der Waals surface area contributed by atoms with Gasteiger partial charge in [-0.05, 0) is 31.2 Å². The number of hydrogen-bond acceptors (Lipinski definition) is 2. The van der Waals surface area contributed by atoms with Crippen LogP contribution in [0.5, 0.6) is 0 Å². The van der Waals surface area contributed by atoms with Gasteiger partial charge in [0.25, 0.3) is 0 Å². The Morgan fingerprint density at radius 1 is 0.950 bits per heavy atom. The van der Waals surface area contributed by atoms with Crippen molar-refractivity contribution in [3.05, 3.63) is 60.2 Å². The number of hydrogen-bond donors (Lipinski definition) is 1. The fourth-order valence-corrected chi connectivity index (χ4v) is 2.09. The molecule has 0 aliphatic rings. The summed E-state index contributed by atoms with van der Waals surface area (Å²) in [5.74, 6) is -0.512. The Morgan fingerprint density at radius 2 is 1.60 bits per heavy atom. The van der Waals surface area contributed by atoms with Gasteiger partial charge in [-0.15, -0.1) is 0 Å². The highest BCUT2D eigenvalue weighted by Crippen LogP contribution is 2.18. The molecule has 4 heteroatoms. The van der Waals surface area contributed by atoms with Gasteiger partial charge in [0.1, 0.15) is 11.6 Å². The summed E-state index contributed by atoms with van der Waals surface area (Å²) in [5.41, 5.74) is 1.04. The predicted molar refractivity (Wildman–Crippen MR) is 79.2 cm³/mol. The molecule has 20 heavy (non-hydrogen) atoms. The quantitative estimate of drug-likeness (QED) is 0.860. The van der Waals surface area contributed by atoms with Crippen molar-refractivity contribution in [2.45, 2.75) is 6.92 Å². The second-order valence-electron chi connectivity index (χ2n) is 4.44. The summed E-state index contributed by atoms with van der Waals surface area (Å²) < 4.78 is 27.2. The highest BCUT2D eigenvalue weighted by Gasteiger charge is 2.09. The Balaban J connectivity index is 1.95. The molecule has 0 fully saturated rings. The highest BCUT2D eigenvalue weighted by molar-refractivity contribution is 5.48. The molecule has 0 saturated heterocycles. The van der Waals surface area contributed by atoms with E-state index in [9.17, 15) is 8.78 Å². The van der Waals surface area contributed by atoms with Gasteiger partial charge in [-0.25, -0.2) is 8.78 Å². The van der Waals surface area contributed by atoms with E-state index in [1.165, 1.54) is 12.1 Å². The topological polar surface area (TPSA) is 15.3 Å². The third-order valence-electron chi connectivity index (χ3n) is 3.15. The molecule has 0 aliphatic carbocycles. The van der Waals surface area contributed by atoms with E-state index in [4.69, 9.17) is 0 Å². The molecule has 2 rings (SSSR count). The van der Waals surface area contributed by atoms with Crippen LogP contribution in [0, 0.1) is 11.6 Å². The molecule has 0 saturated carbocycles. The van der Waals surface area contributed by atoms with Crippen molar-refractivity contribution in [2.75, 3.05) is 29.9 Å². The molecule has 0 aliphatic heterocycles. The zero-order chi connectivity index (χ0) is 14.4. The lowest BCUT2D eigenvalue weighted by Crippen LogP contribution is -2.29. The van der Waals surface area contributed by atoms with Crippen LogP contribution in [0.3, 0.4) is 0 Å². The fraction of sp³-hybridized carbons (Fsp3) is 0.250. The first-order valence-electron chi connectivity index (χ1n) is 6.70. The van der Waals surface area contributed by atoms with E-state index in [0.29, 0.717) is 31.0 Å². The molecule has 0 aromatic heterocycles. The molecule has 1 N–H and O–H groups in total. The second kappa shape index (κ2) is 6.89. The van der Waals surface area contributed by atoms with Gasteiger partial charge in [0.05, 0.1) is 11.4 Å². The van der Waals surface area contributed by atoms with Gasteiger partial charge >= 0.3 is 0 Å². The molecule has 0 radical (unpaired) electrons. The highest BCUT2D eigenvalue weighted by atomic mass is 19.1. The average Bonchev–Trinajstić information content (AvgIpc) is 2.46. The third-order valence-corrected chi connectivity index (χ3v) is 3.15. The van der Waals surface area contributed by atoms with E-state index in [1.54, 1.807) is 30.3 Å². The van der Waals surface area contributed by atoms with Gasteiger partial charge < -0.3 is 10.2 Å². The zero-order valence-corrected chi connectivity index (χ0v) is 11.4. The second-order valence-corrected chi connectivity index (χ2v) is 4.44. The van der Waals surface area contributed by atoms with E-state index in [-0.39, 0.29) is 11.6 Å². The molecule has 0 spiro atoms. The molecule has 2 aromatic carbocycles. The molecule has 2 nitrogen and oxygen atoms in total. The summed E-state index contributed by atoms with van der Waals surface area (Å²) >= 11 is 0. The van der Waals surface area contributed by atoms with Crippen LogP contribution in [0.15, 0.2) is 48.5 Å². The zero-order valence-electron chi connectivity index (χ0n) is 11.4. The Morgan fingerprint density at radius 3 is 2.25 bits per heavy atom. The average molecular weight is 276 g/mol. The minimum Gasteiger partial charge on any atom is -0.381 e. The largest absolute Gasteiger partial charge is 0.381 e. The summed E-state index contributed by atoms with van der Waals surface area (Å²) in [6, 6.07) is 13.2. The Hall–Kier alpha value is -2.10. The van der Waals surface area contributed by atoms with Crippen molar-refractivity contribution >= 4 is 11.4 Å². The summed E-state index contributed by atoms with van der Waals surface area (Å²) in [7, 11) is 0. The Bertz CT molecular complexity index is 558. The molecule has 0 bridgehead atoms. The number of nitrogens with zero attached hydrogens (tertiary/aromatic N) is 1. The first-order valence-corrected chi connectivity index (χ1v) is 6.70. The van der Waals surface area contributed by atoms with Crippen molar-refractivity contribution in [1.29, 1.82) is 0 Å². The minimum atomic E-state index is -0.276. The van der Waals surface area contributed by atoms with E-state index in [2.05, 4.69) is 5.32 Å². The van der Waals surface area contributed by atoms with Crippen LogP contribution < -0.4 is 10.2 Å². The van der Waals surface area contributed by atoms with Crippen LogP contribution in [0.25, 0.3) is 0 Å². The molecule has 0 amide bonds. The predicted octanol–water partition coefficient (Wildman–Crippen LogP) is 3.90. The lowest BCUT2D eigenvalue weighted by molar-refractivity contribution is 0.618. The molecule has 0 atom stereocenters. The number of para-hydroxylation sites is 2. The van der Waals surface area contributed by atoms with E-state index < -0.39 is 0 Å². The first kappa shape index (κ1) is 14.3. The standard InChI is InChI=1S/C16H18F2N2/c1-2-20(16-10-6-4-8-14(16)18)12-11-19-15-9-5-3-7-13(15)17/h3-10,19H,2,11-12H2,1H3. The van der Waals surface area contributed by atoms with E-state index >= 15 is 0 Å². The SMILES string of the molecule is CCN(CCNc1ccccc1F)c1ccccc1F. The molecular weight excluding hydrogens is 258 g/mol. The van der Waals surface area contributed by atoms with Crippen molar-refractivity contribution in [3.63, 3.8) is 0 Å². The maximum absolute atomic E-state index is 13.7. The maximum atomic E-state index is 13.7. The molecule has 0 heterocycles. The smallest absolute Gasteiger partial charge is 0.146 e. The van der Waals surface area contributed by atoms with Gasteiger partial charge in [0.15, 0.2) is 0 Å². The molecule has 0 unspecified atom stereocenters. The number of likely N-dealkylation sites (N-methyl/N-ethyl adjacent to an activating group) is 1. The number of rotatable bonds is 6. The summed E-state index contributed by atoms with van der Waals surface area (Å²) in [5, 5.41) is 3.03. The molecule has 106 valence electrons. The lowest BCUT2D eigenvalue weighted by atomic mass is 10.2. The maximum Gasteiger partial charge on any atom is 0.146 e. The lowest BCUT2D eigenvalue weighted by Gasteiger charge is -2.24. The van der Waals surface area contributed by atoms with Gasteiger partial charge in [-0.3, -0.25) is 0 Å². The number of nitrogens with one attached hydrogen (secondary N) is 1. The number of halogens is 2. The van der Waals surface area contributed by atoms with Gasteiger partial charge in [0.2, 0.25) is 0 Å². The van der Waals surface area contributed by atoms with Crippen molar-refractivity contribution < 1.29 is 8.78 Å². The third kappa shape index (κ3) is 3.47. The van der Waals surface area contributed by atoms with Crippen molar-refractivity contribution in [2.24, 2.45) is 0 Å². The van der Waals surface area contributed by atoms with E-state index in [1.807, 2.05) is 17.9 Å². The van der Waals surface area contributed by atoms with Crippen LogP contribution >= 0.6 is 0 Å². The van der Waals surface area contributed by atoms with E-state index in [0.717, 1.165) is 0 Å². The van der Waals surface area contributed by atoms with Crippen LogP contribution in [0.1, 0.15) is 6.92 Å². The fourth-order valence-electron chi connectivity index (χ4n) is 2.09. The monoisotopic (exact) mass is 276 g/mol. The van der Waals surface area contributed by atoms with Crippen LogP contribution in [0.2, 0.25) is 0 Å². The number of anilines is 2. The Labute approximate surface area is 118 Å². The van der Waals surface area contributed by atoms with Crippen LogP contribution in [0.4, 0.5) is 20.2 Å². The van der Waals surface area contributed by atoms with Crippen LogP contribution in [-0.2, 0) is 0 Å².